The van der Waals surface area contributed by atoms with Crippen LogP contribution in [0.5, 0.6) is 5.75 Å². The Bertz CT molecular complexity index is 1360. The summed E-state index contributed by atoms with van der Waals surface area (Å²) in [6.45, 7) is 2.01. The van der Waals surface area contributed by atoms with Gasteiger partial charge in [-0.15, -0.1) is 0 Å². The van der Waals surface area contributed by atoms with Crippen molar-refractivity contribution in [1.29, 1.82) is 0 Å². The molecule has 3 aromatic carbocycles. The van der Waals surface area contributed by atoms with Crippen molar-refractivity contribution in [2.75, 3.05) is 7.11 Å². The largest absolute Gasteiger partial charge is 0.497 e. The molecule has 5 heteroatoms. The number of methoxy groups -OCH3 is 1. The molecule has 2 heterocycles. The van der Waals surface area contributed by atoms with Crippen LogP contribution in [0.15, 0.2) is 84.9 Å². The number of rotatable bonds is 4. The van der Waals surface area contributed by atoms with Crippen molar-refractivity contribution in [1.82, 2.24) is 14.6 Å². The Morgan fingerprint density at radius 2 is 1.48 bits per heavy atom. The second kappa shape index (κ2) is 7.89. The van der Waals surface area contributed by atoms with E-state index in [0.717, 1.165) is 50.7 Å². The third kappa shape index (κ3) is 3.56. The van der Waals surface area contributed by atoms with Gasteiger partial charge in [-0.25, -0.2) is 9.50 Å². The molecule has 31 heavy (non-hydrogen) atoms. The van der Waals surface area contributed by atoms with Crippen LogP contribution in [0.4, 0.5) is 0 Å². The van der Waals surface area contributed by atoms with Crippen LogP contribution in [0, 0.1) is 6.92 Å². The molecule has 0 bridgehead atoms. The number of nitrogens with zero attached hydrogens (tertiary/aromatic N) is 3. The topological polar surface area (TPSA) is 39.4 Å². The molecule has 0 atom stereocenters. The molecular weight excluding hydrogens is 406 g/mol. The van der Waals surface area contributed by atoms with Gasteiger partial charge in [0.25, 0.3) is 0 Å². The Balaban J connectivity index is 1.83. The van der Waals surface area contributed by atoms with Crippen LogP contribution < -0.4 is 4.74 Å². The highest BCUT2D eigenvalue weighted by molar-refractivity contribution is 6.30. The molecule has 0 radical (unpaired) electrons. The van der Waals surface area contributed by atoms with E-state index in [0.29, 0.717) is 5.02 Å². The lowest BCUT2D eigenvalue weighted by Gasteiger charge is -2.08. The van der Waals surface area contributed by atoms with E-state index in [-0.39, 0.29) is 0 Å². The van der Waals surface area contributed by atoms with E-state index >= 15 is 0 Å². The Labute approximate surface area is 185 Å². The Morgan fingerprint density at radius 1 is 0.806 bits per heavy atom. The summed E-state index contributed by atoms with van der Waals surface area (Å²) >= 11 is 6.16. The molecule has 0 aliphatic rings. The smallest absolute Gasteiger partial charge is 0.164 e. The van der Waals surface area contributed by atoms with Crippen LogP contribution >= 0.6 is 11.6 Å². The molecule has 0 spiro atoms. The van der Waals surface area contributed by atoms with Crippen LogP contribution in [0.2, 0.25) is 5.02 Å². The van der Waals surface area contributed by atoms with E-state index in [9.17, 15) is 0 Å². The molecule has 0 aliphatic heterocycles. The van der Waals surface area contributed by atoms with E-state index in [2.05, 4.69) is 18.2 Å². The van der Waals surface area contributed by atoms with E-state index in [1.165, 1.54) is 0 Å². The lowest BCUT2D eigenvalue weighted by Crippen LogP contribution is -1.98. The maximum atomic E-state index is 6.16. The van der Waals surface area contributed by atoms with Gasteiger partial charge in [0.2, 0.25) is 0 Å². The van der Waals surface area contributed by atoms with Gasteiger partial charge in [0.15, 0.2) is 5.65 Å². The molecule has 2 aromatic heterocycles. The summed E-state index contributed by atoms with van der Waals surface area (Å²) in [6.07, 6.45) is 0. The first kappa shape index (κ1) is 19.3. The fourth-order valence-electron chi connectivity index (χ4n) is 3.79. The molecule has 152 valence electrons. The molecule has 0 saturated carbocycles. The van der Waals surface area contributed by atoms with Crippen molar-refractivity contribution in [3.63, 3.8) is 0 Å². The highest BCUT2D eigenvalue weighted by atomic mass is 35.5. The summed E-state index contributed by atoms with van der Waals surface area (Å²) < 4.78 is 7.25. The lowest BCUT2D eigenvalue weighted by atomic mass is 10.0. The molecule has 0 amide bonds. The van der Waals surface area contributed by atoms with Crippen molar-refractivity contribution in [2.45, 2.75) is 6.92 Å². The fraction of sp³-hybridized carbons (Fsp3) is 0.0769. The van der Waals surface area contributed by atoms with Gasteiger partial charge in [-0.1, -0.05) is 54.1 Å². The van der Waals surface area contributed by atoms with Crippen molar-refractivity contribution in [3.8, 4) is 39.4 Å². The quantitative estimate of drug-likeness (QED) is 0.321. The summed E-state index contributed by atoms with van der Waals surface area (Å²) in [5, 5.41) is 5.73. The van der Waals surface area contributed by atoms with Crippen molar-refractivity contribution < 1.29 is 4.74 Å². The maximum absolute atomic E-state index is 6.16. The first-order chi connectivity index (χ1) is 15.1. The number of hydrogen-bond acceptors (Lipinski definition) is 3. The summed E-state index contributed by atoms with van der Waals surface area (Å²) in [5.74, 6) is 0.818. The minimum atomic E-state index is 0.699. The summed E-state index contributed by atoms with van der Waals surface area (Å²) in [7, 11) is 1.67. The maximum Gasteiger partial charge on any atom is 0.164 e. The SMILES string of the molecule is COc1ccc(-c2cc(C)nc3c(-c4ccc(Cl)cc4)c(-c4ccccc4)nn23)cc1. The Morgan fingerprint density at radius 3 is 2.16 bits per heavy atom. The zero-order valence-electron chi connectivity index (χ0n) is 17.2. The predicted octanol–water partition coefficient (Wildman–Crippen LogP) is 6.70. The minimum absolute atomic E-state index is 0.699. The van der Waals surface area contributed by atoms with Crippen molar-refractivity contribution >= 4 is 17.2 Å². The van der Waals surface area contributed by atoms with Gasteiger partial charge in [-0.05, 0) is 55.0 Å². The zero-order chi connectivity index (χ0) is 21.4. The Kier molecular flexibility index (Phi) is 4.92. The van der Waals surface area contributed by atoms with Gasteiger partial charge in [-0.3, -0.25) is 0 Å². The van der Waals surface area contributed by atoms with E-state index in [1.54, 1.807) is 7.11 Å². The number of ether oxygens (including phenoxy) is 1. The van der Waals surface area contributed by atoms with Crippen LogP contribution in [0.25, 0.3) is 39.3 Å². The molecule has 5 rings (SSSR count). The Hall–Kier alpha value is -3.63. The van der Waals surface area contributed by atoms with Gasteiger partial charge in [0.1, 0.15) is 11.4 Å². The third-order valence-electron chi connectivity index (χ3n) is 5.28. The number of aromatic nitrogens is 3. The van der Waals surface area contributed by atoms with Gasteiger partial charge in [0, 0.05) is 21.8 Å². The van der Waals surface area contributed by atoms with Crippen molar-refractivity contribution in [2.24, 2.45) is 0 Å². The van der Waals surface area contributed by atoms with Gasteiger partial charge in [0.05, 0.1) is 18.4 Å². The molecule has 5 aromatic rings. The normalized spacial score (nSPS) is 11.1. The molecule has 0 N–H and O–H groups in total. The standard InChI is InChI=1S/C26H20ClN3O/c1-17-16-23(18-10-14-22(31-2)15-11-18)30-26(28-17)24(19-8-12-21(27)13-9-19)25(29-30)20-6-4-3-5-7-20/h3-16H,1-2H3. The van der Waals surface area contributed by atoms with Crippen molar-refractivity contribution in [3.05, 3.63) is 95.6 Å². The second-order valence-electron chi connectivity index (χ2n) is 7.34. The first-order valence-electron chi connectivity index (χ1n) is 10.0. The molecule has 0 saturated heterocycles. The van der Waals surface area contributed by atoms with Crippen LogP contribution in [-0.4, -0.2) is 21.7 Å². The second-order valence-corrected chi connectivity index (χ2v) is 7.78. The molecular formula is C26H20ClN3O. The van der Waals surface area contributed by atoms with Gasteiger partial charge < -0.3 is 4.74 Å². The molecule has 0 aliphatic carbocycles. The summed E-state index contributed by atoms with van der Waals surface area (Å²) in [6, 6.07) is 28.1. The first-order valence-corrected chi connectivity index (χ1v) is 10.4. The van der Waals surface area contributed by atoms with E-state index in [4.69, 9.17) is 26.4 Å². The number of aryl methyl sites for hydroxylation is 1. The lowest BCUT2D eigenvalue weighted by molar-refractivity contribution is 0.415. The van der Waals surface area contributed by atoms with Gasteiger partial charge in [-0.2, -0.15) is 5.10 Å². The monoisotopic (exact) mass is 425 g/mol. The number of fused-ring (bicyclic) bond motifs is 1. The molecule has 0 fully saturated rings. The summed E-state index contributed by atoms with van der Waals surface area (Å²) in [4.78, 5) is 4.88. The van der Waals surface area contributed by atoms with Gasteiger partial charge >= 0.3 is 0 Å². The van der Waals surface area contributed by atoms with Crippen LogP contribution in [0.1, 0.15) is 5.69 Å². The zero-order valence-corrected chi connectivity index (χ0v) is 18.0. The summed E-state index contributed by atoms with van der Waals surface area (Å²) in [5.41, 5.74) is 7.69. The number of hydrogen-bond donors (Lipinski definition) is 0. The fourth-order valence-corrected chi connectivity index (χ4v) is 3.91. The van der Waals surface area contributed by atoms with E-state index in [1.807, 2.05) is 78.2 Å². The van der Waals surface area contributed by atoms with Crippen LogP contribution in [-0.2, 0) is 0 Å². The van der Waals surface area contributed by atoms with Crippen LogP contribution in [0.3, 0.4) is 0 Å². The predicted molar refractivity (Wildman–Crippen MR) is 126 cm³/mol. The average Bonchev–Trinajstić information content (AvgIpc) is 3.19. The minimum Gasteiger partial charge on any atom is -0.497 e. The average molecular weight is 426 g/mol. The molecule has 4 nitrogen and oxygen atoms in total. The van der Waals surface area contributed by atoms with E-state index < -0.39 is 0 Å². The number of halogens is 1. The molecule has 0 unspecified atom stereocenters. The highest BCUT2D eigenvalue weighted by Gasteiger charge is 2.20. The third-order valence-corrected chi connectivity index (χ3v) is 5.53. The number of benzene rings is 3. The highest BCUT2D eigenvalue weighted by Crippen LogP contribution is 2.37.